The van der Waals surface area contributed by atoms with Crippen molar-refractivity contribution in [2.24, 2.45) is 0 Å². The fourth-order valence-corrected chi connectivity index (χ4v) is 3.15. The van der Waals surface area contributed by atoms with Crippen molar-refractivity contribution < 1.29 is 35.5 Å². The number of carbonyl (C=O) groups is 1. The summed E-state index contributed by atoms with van der Waals surface area (Å²) in [6, 6.07) is 4.98. The van der Waals surface area contributed by atoms with Crippen LogP contribution in [0.15, 0.2) is 46.9 Å². The molecule has 0 aliphatic rings. The maximum Gasteiger partial charge on any atom is 0.417 e. The van der Waals surface area contributed by atoms with Gasteiger partial charge in [-0.05, 0) is 51.8 Å². The maximum absolute atomic E-state index is 14.7. The van der Waals surface area contributed by atoms with Crippen LogP contribution in [-0.4, -0.2) is 19.1 Å². The van der Waals surface area contributed by atoms with Gasteiger partial charge < -0.3 is 0 Å². The van der Waals surface area contributed by atoms with Gasteiger partial charge in [-0.15, -0.1) is 0 Å². The Morgan fingerprint density at radius 2 is 1.74 bits per heavy atom. The number of hydrogen-bond acceptors (Lipinski definition) is 2. The molecular weight excluding hydrogens is 521 g/mol. The van der Waals surface area contributed by atoms with Gasteiger partial charge in [0.15, 0.2) is 0 Å². The molecule has 31 heavy (non-hydrogen) atoms. The van der Waals surface area contributed by atoms with E-state index in [-0.39, 0.29) is 27.2 Å². The molecule has 0 aromatic heterocycles. The van der Waals surface area contributed by atoms with Gasteiger partial charge in [0.05, 0.1) is 16.1 Å². The highest BCUT2D eigenvalue weighted by atomic mass is 79.9. The molecule has 2 N–H and O–H groups in total. The van der Waals surface area contributed by atoms with E-state index < -0.39 is 46.7 Å². The molecule has 0 heterocycles. The lowest BCUT2D eigenvalue weighted by Crippen LogP contribution is -2.35. The molecule has 0 fully saturated rings. The predicted octanol–water partition coefficient (Wildman–Crippen LogP) is 6.64. The van der Waals surface area contributed by atoms with E-state index in [1.165, 1.54) is 13.1 Å². The second kappa shape index (κ2) is 9.58. The van der Waals surface area contributed by atoms with Gasteiger partial charge >= 0.3 is 12.4 Å². The second-order valence-corrected chi connectivity index (χ2v) is 7.43. The van der Waals surface area contributed by atoms with Crippen LogP contribution in [0.4, 0.5) is 30.7 Å². The number of hydrogen-bond donors (Lipinski definition) is 2. The van der Waals surface area contributed by atoms with E-state index in [9.17, 15) is 35.5 Å². The van der Waals surface area contributed by atoms with Gasteiger partial charge in [-0.1, -0.05) is 23.7 Å². The Balaban J connectivity index is 2.57. The van der Waals surface area contributed by atoms with Gasteiger partial charge in [-0.25, -0.2) is 9.82 Å². The van der Waals surface area contributed by atoms with E-state index >= 15 is 0 Å². The minimum Gasteiger partial charge on any atom is -0.288 e. The summed E-state index contributed by atoms with van der Waals surface area (Å²) in [6.45, 7) is 0. The van der Waals surface area contributed by atoms with Crippen LogP contribution in [0, 0.1) is 0 Å². The summed E-state index contributed by atoms with van der Waals surface area (Å²) < 4.78 is 95.5. The lowest BCUT2D eigenvalue weighted by molar-refractivity contribution is -0.140. The first-order valence-electron chi connectivity index (χ1n) is 8.33. The average molecular weight is 534 g/mol. The highest BCUT2D eigenvalue weighted by molar-refractivity contribution is 9.10. The Kier molecular flexibility index (Phi) is 7.77. The van der Waals surface area contributed by atoms with Gasteiger partial charge in [-0.3, -0.25) is 10.2 Å². The lowest BCUT2D eigenvalue weighted by Gasteiger charge is -2.19. The molecule has 0 spiro atoms. The Bertz CT molecular complexity index is 1010. The zero-order valence-corrected chi connectivity index (χ0v) is 17.8. The van der Waals surface area contributed by atoms with Crippen LogP contribution in [0.5, 0.6) is 0 Å². The summed E-state index contributed by atoms with van der Waals surface area (Å²) >= 11 is 8.74. The molecule has 0 bridgehead atoms. The zero-order chi connectivity index (χ0) is 23.6. The Morgan fingerprint density at radius 3 is 2.26 bits per heavy atom. The van der Waals surface area contributed by atoms with Gasteiger partial charge in [0.2, 0.25) is 0 Å². The topological polar surface area (TPSA) is 41.1 Å². The first-order valence-corrected chi connectivity index (χ1v) is 9.50. The van der Waals surface area contributed by atoms with Crippen LogP contribution in [-0.2, 0) is 6.18 Å². The molecule has 3 nitrogen and oxygen atoms in total. The fraction of sp³-hybridized carbons (Fsp3) is 0.211. The molecule has 2 aromatic rings. The quantitative estimate of drug-likeness (QED) is 0.334. The molecule has 0 radical (unpaired) electrons. The Hall–Kier alpha value is -2.11. The maximum atomic E-state index is 14.7. The normalized spacial score (nSPS) is 13.8. The SMILES string of the molecule is CNNC(=O)c1ccc(/C(F)=C/C(c2ccc(Cl)c(Br)c2)C(F)(F)F)cc1C(F)(F)F. The molecule has 0 saturated carbocycles. The number of hydrazine groups is 1. The van der Waals surface area contributed by atoms with Crippen molar-refractivity contribution in [3.05, 3.63) is 74.2 Å². The number of nitrogens with one attached hydrogen (secondary N) is 2. The third-order valence-electron chi connectivity index (χ3n) is 4.05. The van der Waals surface area contributed by atoms with E-state index in [0.717, 1.165) is 18.2 Å². The third-order valence-corrected chi connectivity index (χ3v) is 5.27. The minimum absolute atomic E-state index is 0.124. The lowest BCUT2D eigenvalue weighted by atomic mass is 9.95. The average Bonchev–Trinajstić information content (AvgIpc) is 2.66. The smallest absolute Gasteiger partial charge is 0.288 e. The van der Waals surface area contributed by atoms with Gasteiger partial charge in [-0.2, -0.15) is 26.3 Å². The number of halogens is 9. The van der Waals surface area contributed by atoms with Crippen LogP contribution in [0.3, 0.4) is 0 Å². The van der Waals surface area contributed by atoms with Crippen molar-refractivity contribution in [1.29, 1.82) is 0 Å². The van der Waals surface area contributed by atoms with Crippen molar-refractivity contribution in [3.63, 3.8) is 0 Å². The molecule has 2 rings (SSSR count). The molecule has 0 saturated heterocycles. The summed E-state index contributed by atoms with van der Waals surface area (Å²) in [5.74, 6) is -5.15. The van der Waals surface area contributed by atoms with E-state index in [0.29, 0.717) is 6.07 Å². The van der Waals surface area contributed by atoms with Crippen LogP contribution >= 0.6 is 27.5 Å². The van der Waals surface area contributed by atoms with Gasteiger partial charge in [0.1, 0.15) is 11.7 Å². The molecular formula is C19H13BrClF7N2O. The third kappa shape index (κ3) is 6.20. The molecule has 1 unspecified atom stereocenters. The zero-order valence-electron chi connectivity index (χ0n) is 15.4. The predicted molar refractivity (Wildman–Crippen MR) is 105 cm³/mol. The number of rotatable bonds is 5. The van der Waals surface area contributed by atoms with E-state index in [1.807, 2.05) is 5.43 Å². The molecule has 2 aromatic carbocycles. The number of alkyl halides is 6. The molecule has 12 heteroatoms. The van der Waals surface area contributed by atoms with E-state index in [1.54, 1.807) is 0 Å². The van der Waals surface area contributed by atoms with Crippen LogP contribution in [0.2, 0.25) is 5.02 Å². The van der Waals surface area contributed by atoms with Crippen molar-refractivity contribution >= 4 is 39.3 Å². The summed E-state index contributed by atoms with van der Waals surface area (Å²) in [4.78, 5) is 11.8. The second-order valence-electron chi connectivity index (χ2n) is 6.17. The van der Waals surface area contributed by atoms with E-state index in [4.69, 9.17) is 11.6 Å². The largest absolute Gasteiger partial charge is 0.417 e. The van der Waals surface area contributed by atoms with E-state index in [2.05, 4.69) is 21.4 Å². The van der Waals surface area contributed by atoms with Crippen LogP contribution < -0.4 is 10.9 Å². The first-order chi connectivity index (χ1) is 14.3. The first kappa shape index (κ1) is 25.2. The standard InChI is InChI=1S/C19H13BrClF7N2O/c1-29-30-17(31)11-4-2-10(6-13(11)19(26,27)28)16(22)8-12(18(23,24)25)9-3-5-15(21)14(20)7-9/h2-8,12,29H,1H3,(H,30,31)/b16-8-. The van der Waals surface area contributed by atoms with Crippen molar-refractivity contribution in [2.45, 2.75) is 18.3 Å². The number of allylic oxidation sites excluding steroid dienone is 1. The molecule has 0 aliphatic heterocycles. The molecule has 1 amide bonds. The highest BCUT2D eigenvalue weighted by Crippen LogP contribution is 2.41. The molecule has 168 valence electrons. The molecule has 1 atom stereocenters. The fourth-order valence-electron chi connectivity index (χ4n) is 2.63. The van der Waals surface area contributed by atoms with Crippen LogP contribution in [0.1, 0.15) is 33.0 Å². The summed E-state index contributed by atoms with van der Waals surface area (Å²) in [5, 5.41) is 0.124. The van der Waals surface area contributed by atoms with Crippen molar-refractivity contribution in [1.82, 2.24) is 10.9 Å². The van der Waals surface area contributed by atoms with Crippen LogP contribution in [0.25, 0.3) is 5.83 Å². The van der Waals surface area contributed by atoms with Gasteiger partial charge in [0.25, 0.3) is 5.91 Å². The minimum atomic E-state index is -5.05. The highest BCUT2D eigenvalue weighted by Gasteiger charge is 2.40. The van der Waals surface area contributed by atoms with Crippen molar-refractivity contribution in [2.75, 3.05) is 7.05 Å². The van der Waals surface area contributed by atoms with Crippen molar-refractivity contribution in [3.8, 4) is 0 Å². The Labute approximate surface area is 185 Å². The monoisotopic (exact) mass is 532 g/mol. The summed E-state index contributed by atoms with van der Waals surface area (Å²) in [6.07, 6.45) is -9.83. The Morgan fingerprint density at radius 1 is 1.10 bits per heavy atom. The van der Waals surface area contributed by atoms with Gasteiger partial charge in [0, 0.05) is 17.1 Å². The number of amides is 1. The number of benzene rings is 2. The number of carbonyl (C=O) groups excluding carboxylic acids is 1. The molecule has 0 aliphatic carbocycles. The summed E-state index contributed by atoms with van der Waals surface area (Å²) in [5.41, 5.74) is 0.636. The summed E-state index contributed by atoms with van der Waals surface area (Å²) in [7, 11) is 1.24.